The largest absolute Gasteiger partial charge is 0.399 e. The first-order valence-corrected chi connectivity index (χ1v) is 5.33. The molecule has 0 spiro atoms. The van der Waals surface area contributed by atoms with Gasteiger partial charge >= 0.3 is 0 Å². The average Bonchev–Trinajstić information content (AvgIpc) is 2.73. The molecule has 0 aliphatic carbocycles. The highest BCUT2D eigenvalue weighted by Crippen LogP contribution is 2.27. The van der Waals surface area contributed by atoms with Gasteiger partial charge in [-0.05, 0) is 30.3 Å². The van der Waals surface area contributed by atoms with E-state index in [2.05, 4.69) is 10.2 Å². The van der Waals surface area contributed by atoms with Crippen LogP contribution in [-0.4, -0.2) is 10.2 Å². The van der Waals surface area contributed by atoms with Crippen molar-refractivity contribution in [2.45, 2.75) is 0 Å². The van der Waals surface area contributed by atoms with Crippen molar-refractivity contribution < 1.29 is 0 Å². The minimum Gasteiger partial charge on any atom is -0.399 e. The molecule has 17 heavy (non-hydrogen) atoms. The molecule has 3 rings (SSSR count). The zero-order valence-electron chi connectivity index (χ0n) is 9.14. The highest BCUT2D eigenvalue weighted by atomic mass is 15.1. The number of fused-ring (bicyclic) bond motifs is 1. The number of benzene rings is 2. The number of rotatable bonds is 1. The Morgan fingerprint density at radius 3 is 2.35 bits per heavy atom. The molecule has 0 saturated heterocycles. The Kier molecular flexibility index (Phi) is 2.01. The van der Waals surface area contributed by atoms with Crippen LogP contribution in [0.3, 0.4) is 0 Å². The van der Waals surface area contributed by atoms with Gasteiger partial charge in [0.1, 0.15) is 0 Å². The van der Waals surface area contributed by atoms with E-state index in [4.69, 9.17) is 11.5 Å². The summed E-state index contributed by atoms with van der Waals surface area (Å²) in [5, 5.41) is 8.33. The molecule has 0 amide bonds. The predicted octanol–water partition coefficient (Wildman–Crippen LogP) is 2.39. The Bertz CT molecular complexity index is 667. The van der Waals surface area contributed by atoms with Crippen molar-refractivity contribution in [1.29, 1.82) is 0 Å². The number of hydrogen-bond acceptors (Lipinski definition) is 3. The van der Waals surface area contributed by atoms with E-state index in [1.54, 1.807) is 0 Å². The van der Waals surface area contributed by atoms with E-state index in [-0.39, 0.29) is 0 Å². The van der Waals surface area contributed by atoms with E-state index in [0.717, 1.165) is 33.5 Å². The van der Waals surface area contributed by atoms with Gasteiger partial charge in [-0.25, -0.2) is 0 Å². The molecule has 4 heteroatoms. The van der Waals surface area contributed by atoms with Crippen molar-refractivity contribution in [3.05, 3.63) is 42.5 Å². The van der Waals surface area contributed by atoms with Crippen molar-refractivity contribution in [2.75, 3.05) is 11.5 Å². The van der Waals surface area contributed by atoms with E-state index in [0.29, 0.717) is 0 Å². The van der Waals surface area contributed by atoms with Gasteiger partial charge in [0.05, 0.1) is 11.2 Å². The Morgan fingerprint density at radius 1 is 0.882 bits per heavy atom. The van der Waals surface area contributed by atoms with Crippen LogP contribution in [0.4, 0.5) is 11.4 Å². The molecule has 0 aliphatic rings. The number of anilines is 2. The van der Waals surface area contributed by atoms with Crippen molar-refractivity contribution in [1.82, 2.24) is 10.2 Å². The van der Waals surface area contributed by atoms with Crippen LogP contribution >= 0.6 is 0 Å². The smallest absolute Gasteiger partial charge is 0.1000 e. The first-order valence-electron chi connectivity index (χ1n) is 5.33. The second-order valence-electron chi connectivity index (χ2n) is 4.00. The van der Waals surface area contributed by atoms with E-state index in [1.165, 1.54) is 0 Å². The van der Waals surface area contributed by atoms with Gasteiger partial charge in [0, 0.05) is 22.3 Å². The number of aromatic amines is 1. The summed E-state index contributed by atoms with van der Waals surface area (Å²) in [7, 11) is 0. The van der Waals surface area contributed by atoms with Gasteiger partial charge in [0.15, 0.2) is 0 Å². The fourth-order valence-electron chi connectivity index (χ4n) is 1.89. The lowest BCUT2D eigenvalue weighted by Gasteiger charge is -1.99. The lowest BCUT2D eigenvalue weighted by molar-refractivity contribution is 1.12. The number of aromatic nitrogens is 2. The molecule has 0 atom stereocenters. The molecule has 2 aromatic carbocycles. The minimum absolute atomic E-state index is 0.732. The third-order valence-corrected chi connectivity index (χ3v) is 2.77. The topological polar surface area (TPSA) is 80.7 Å². The number of nitrogen functional groups attached to an aromatic ring is 2. The molecule has 84 valence electrons. The van der Waals surface area contributed by atoms with Crippen LogP contribution in [0.15, 0.2) is 42.5 Å². The Labute approximate surface area is 98.2 Å². The molecule has 4 nitrogen and oxygen atoms in total. The summed E-state index contributed by atoms with van der Waals surface area (Å²) < 4.78 is 0. The van der Waals surface area contributed by atoms with Crippen LogP contribution in [-0.2, 0) is 0 Å². The summed E-state index contributed by atoms with van der Waals surface area (Å²) in [6.45, 7) is 0. The fourth-order valence-corrected chi connectivity index (χ4v) is 1.89. The highest BCUT2D eigenvalue weighted by Gasteiger charge is 2.07. The molecule has 0 aliphatic heterocycles. The third kappa shape index (κ3) is 1.59. The molecule has 1 heterocycles. The first-order chi connectivity index (χ1) is 8.24. The zero-order valence-corrected chi connectivity index (χ0v) is 9.14. The summed E-state index contributed by atoms with van der Waals surface area (Å²) in [5.41, 5.74) is 15.8. The van der Waals surface area contributed by atoms with Gasteiger partial charge in [-0.1, -0.05) is 12.1 Å². The van der Waals surface area contributed by atoms with E-state index in [1.807, 2.05) is 42.5 Å². The number of nitrogens with two attached hydrogens (primary N) is 2. The maximum atomic E-state index is 5.79. The molecular formula is C13H12N4. The quantitative estimate of drug-likeness (QED) is 0.555. The Hall–Kier alpha value is -2.49. The zero-order chi connectivity index (χ0) is 11.8. The molecule has 3 aromatic rings. The monoisotopic (exact) mass is 224 g/mol. The number of nitrogens with one attached hydrogen (secondary N) is 1. The highest BCUT2D eigenvalue weighted by molar-refractivity contribution is 5.94. The molecule has 5 N–H and O–H groups in total. The van der Waals surface area contributed by atoms with E-state index < -0.39 is 0 Å². The van der Waals surface area contributed by atoms with Crippen LogP contribution < -0.4 is 11.5 Å². The molecule has 0 bridgehead atoms. The normalized spacial score (nSPS) is 10.8. The molecule has 0 radical (unpaired) electrons. The number of nitrogens with zero attached hydrogens (tertiary/aromatic N) is 1. The van der Waals surface area contributed by atoms with Crippen LogP contribution in [0, 0.1) is 0 Å². The lowest BCUT2D eigenvalue weighted by atomic mass is 10.1. The maximum absolute atomic E-state index is 5.79. The summed E-state index contributed by atoms with van der Waals surface area (Å²) >= 11 is 0. The first kappa shape index (κ1) is 9.72. The van der Waals surface area contributed by atoms with Crippen LogP contribution in [0.25, 0.3) is 22.2 Å². The van der Waals surface area contributed by atoms with Crippen molar-refractivity contribution in [3.8, 4) is 11.3 Å². The SMILES string of the molecule is Nc1ccc(-c2n[nH]c3ccc(N)cc23)cc1. The van der Waals surface area contributed by atoms with Crippen LogP contribution in [0.5, 0.6) is 0 Å². The van der Waals surface area contributed by atoms with Crippen molar-refractivity contribution in [3.63, 3.8) is 0 Å². The van der Waals surface area contributed by atoms with Crippen LogP contribution in [0.1, 0.15) is 0 Å². The van der Waals surface area contributed by atoms with Gasteiger partial charge in [-0.3, -0.25) is 5.10 Å². The minimum atomic E-state index is 0.732. The van der Waals surface area contributed by atoms with E-state index >= 15 is 0 Å². The standard InChI is InChI=1S/C13H12N4/c14-9-3-1-8(2-4-9)13-11-7-10(15)5-6-12(11)16-17-13/h1-7H,14-15H2,(H,16,17). The molecule has 0 saturated carbocycles. The summed E-state index contributed by atoms with van der Waals surface area (Å²) in [5.74, 6) is 0. The number of hydrogen-bond donors (Lipinski definition) is 3. The van der Waals surface area contributed by atoms with Gasteiger partial charge in [0.2, 0.25) is 0 Å². The maximum Gasteiger partial charge on any atom is 0.1000 e. The summed E-state index contributed by atoms with van der Waals surface area (Å²) in [6, 6.07) is 13.3. The van der Waals surface area contributed by atoms with Gasteiger partial charge in [-0.2, -0.15) is 5.10 Å². The second-order valence-corrected chi connectivity index (χ2v) is 4.00. The molecule has 1 aromatic heterocycles. The lowest BCUT2D eigenvalue weighted by Crippen LogP contribution is -1.85. The molecular weight excluding hydrogens is 212 g/mol. The molecule has 0 unspecified atom stereocenters. The van der Waals surface area contributed by atoms with Crippen LogP contribution in [0.2, 0.25) is 0 Å². The average molecular weight is 224 g/mol. The second kappa shape index (κ2) is 3.52. The summed E-state index contributed by atoms with van der Waals surface area (Å²) in [4.78, 5) is 0. The summed E-state index contributed by atoms with van der Waals surface area (Å²) in [6.07, 6.45) is 0. The predicted molar refractivity (Wildman–Crippen MR) is 70.4 cm³/mol. The third-order valence-electron chi connectivity index (χ3n) is 2.77. The van der Waals surface area contributed by atoms with Gasteiger partial charge in [0.25, 0.3) is 0 Å². The van der Waals surface area contributed by atoms with Crippen molar-refractivity contribution >= 4 is 22.3 Å². The fraction of sp³-hybridized carbons (Fsp3) is 0. The van der Waals surface area contributed by atoms with E-state index in [9.17, 15) is 0 Å². The Morgan fingerprint density at radius 2 is 1.59 bits per heavy atom. The van der Waals surface area contributed by atoms with Crippen molar-refractivity contribution in [2.24, 2.45) is 0 Å². The van der Waals surface area contributed by atoms with Gasteiger partial charge < -0.3 is 11.5 Å². The number of H-pyrrole nitrogens is 1. The van der Waals surface area contributed by atoms with Gasteiger partial charge in [-0.15, -0.1) is 0 Å². The Balaban J connectivity index is 2.23. The molecule has 0 fully saturated rings.